The number of phenolic OH excluding ortho intramolecular Hbond substituents is 1. The molecule has 0 radical (unpaired) electrons. The minimum atomic E-state index is -0.676. The molecule has 0 atom stereocenters. The Hall–Kier alpha value is -2.03. The molecule has 0 unspecified atom stereocenters. The lowest BCUT2D eigenvalue weighted by molar-refractivity contribution is 0.242. The van der Waals surface area contributed by atoms with E-state index in [0.717, 1.165) is 11.4 Å². The van der Waals surface area contributed by atoms with Gasteiger partial charge in [-0.15, -0.1) is 24.0 Å². The summed E-state index contributed by atoms with van der Waals surface area (Å²) in [7, 11) is 0. The third kappa shape index (κ3) is 6.23. The molecule has 0 saturated heterocycles. The first-order valence-corrected chi connectivity index (χ1v) is 7.25. The standard InChI is InChI=1S/C17H20FN3O2.HI/c1-11(2)23-14-6-4-13(5-7-14)21-17(19)20-10-12-3-8-16(22)15(18)9-12;/h3-9,11,22H,10H2,1-2H3,(H3,19,20,21);1H. The van der Waals surface area contributed by atoms with Crippen molar-refractivity contribution in [3.8, 4) is 11.5 Å². The fourth-order valence-corrected chi connectivity index (χ4v) is 1.90. The summed E-state index contributed by atoms with van der Waals surface area (Å²) in [4.78, 5) is 4.14. The highest BCUT2D eigenvalue weighted by Crippen LogP contribution is 2.18. The van der Waals surface area contributed by atoms with Gasteiger partial charge in [0.1, 0.15) is 5.75 Å². The number of guanidine groups is 1. The zero-order valence-corrected chi connectivity index (χ0v) is 15.8. The number of halogens is 2. The number of aliphatic imine (C=N–C) groups is 1. The van der Waals surface area contributed by atoms with Crippen molar-refractivity contribution in [3.05, 3.63) is 53.8 Å². The van der Waals surface area contributed by atoms with Crippen LogP contribution in [0.2, 0.25) is 0 Å². The summed E-state index contributed by atoms with van der Waals surface area (Å²) in [6, 6.07) is 11.4. The molecule has 2 rings (SSSR count). The van der Waals surface area contributed by atoms with Crippen LogP contribution >= 0.6 is 24.0 Å². The molecule has 0 amide bonds. The maximum atomic E-state index is 13.2. The monoisotopic (exact) mass is 445 g/mol. The molecule has 0 aliphatic carbocycles. The van der Waals surface area contributed by atoms with Gasteiger partial charge in [0.25, 0.3) is 0 Å². The molecule has 2 aromatic rings. The fraction of sp³-hybridized carbons (Fsp3) is 0.235. The third-order valence-corrected chi connectivity index (χ3v) is 2.94. The van der Waals surface area contributed by atoms with Crippen LogP contribution in [0.4, 0.5) is 10.1 Å². The van der Waals surface area contributed by atoms with Crippen LogP contribution in [-0.2, 0) is 6.54 Å². The van der Waals surface area contributed by atoms with Gasteiger partial charge in [0.2, 0.25) is 0 Å². The Morgan fingerprint density at radius 3 is 2.50 bits per heavy atom. The minimum Gasteiger partial charge on any atom is -0.505 e. The number of nitrogens with zero attached hydrogens (tertiary/aromatic N) is 1. The summed E-state index contributed by atoms with van der Waals surface area (Å²) in [6.07, 6.45) is 0.117. The van der Waals surface area contributed by atoms with Crippen molar-refractivity contribution in [1.82, 2.24) is 0 Å². The quantitative estimate of drug-likeness (QED) is 0.371. The number of rotatable bonds is 5. The summed E-state index contributed by atoms with van der Waals surface area (Å²) in [5.41, 5.74) is 7.20. The summed E-state index contributed by atoms with van der Waals surface area (Å²) < 4.78 is 18.8. The molecule has 130 valence electrons. The zero-order valence-electron chi connectivity index (χ0n) is 13.5. The fourth-order valence-electron chi connectivity index (χ4n) is 1.90. The Morgan fingerprint density at radius 1 is 1.25 bits per heavy atom. The van der Waals surface area contributed by atoms with E-state index in [2.05, 4.69) is 10.3 Å². The first-order valence-electron chi connectivity index (χ1n) is 7.25. The molecule has 0 aliphatic heterocycles. The molecule has 2 aromatic carbocycles. The second-order valence-corrected chi connectivity index (χ2v) is 5.30. The maximum Gasteiger partial charge on any atom is 0.193 e. The average Bonchev–Trinajstić information content (AvgIpc) is 2.50. The summed E-state index contributed by atoms with van der Waals surface area (Å²) in [5.74, 6) is -0.0610. The molecule has 0 saturated carbocycles. The number of aromatic hydroxyl groups is 1. The molecule has 0 heterocycles. The molecule has 24 heavy (non-hydrogen) atoms. The van der Waals surface area contributed by atoms with E-state index < -0.39 is 5.82 Å². The first kappa shape index (κ1) is 20.0. The molecule has 4 N–H and O–H groups in total. The molecule has 0 aromatic heterocycles. The van der Waals surface area contributed by atoms with Crippen LogP contribution in [0.25, 0.3) is 0 Å². The molecule has 0 spiro atoms. The molecule has 0 bridgehead atoms. The molecular weight excluding hydrogens is 424 g/mol. The number of phenols is 1. The number of ether oxygens (including phenoxy) is 1. The Labute approximate surface area is 157 Å². The van der Waals surface area contributed by atoms with Gasteiger partial charge in [-0.05, 0) is 55.8 Å². The normalized spacial score (nSPS) is 11.1. The second-order valence-electron chi connectivity index (χ2n) is 5.30. The van der Waals surface area contributed by atoms with Crippen LogP contribution < -0.4 is 15.8 Å². The van der Waals surface area contributed by atoms with Crippen molar-refractivity contribution in [3.63, 3.8) is 0 Å². The van der Waals surface area contributed by atoms with Gasteiger partial charge in [-0.25, -0.2) is 9.38 Å². The van der Waals surface area contributed by atoms with Crippen LogP contribution in [0.1, 0.15) is 19.4 Å². The highest BCUT2D eigenvalue weighted by molar-refractivity contribution is 14.0. The lowest BCUT2D eigenvalue weighted by atomic mass is 10.2. The lowest BCUT2D eigenvalue weighted by Crippen LogP contribution is -2.22. The van der Waals surface area contributed by atoms with E-state index in [1.54, 1.807) is 6.07 Å². The molecule has 7 heteroatoms. The summed E-state index contributed by atoms with van der Waals surface area (Å²) >= 11 is 0. The van der Waals surface area contributed by atoms with Crippen LogP contribution in [0, 0.1) is 5.82 Å². The Kier molecular flexibility index (Phi) is 7.76. The number of nitrogens with two attached hydrogens (primary N) is 1. The van der Waals surface area contributed by atoms with E-state index in [1.807, 2.05) is 38.1 Å². The van der Waals surface area contributed by atoms with Gasteiger partial charge in [0.05, 0.1) is 12.6 Å². The lowest BCUT2D eigenvalue weighted by Gasteiger charge is -2.11. The van der Waals surface area contributed by atoms with Gasteiger partial charge >= 0.3 is 0 Å². The van der Waals surface area contributed by atoms with Gasteiger partial charge in [0, 0.05) is 5.69 Å². The van der Waals surface area contributed by atoms with Crippen molar-refractivity contribution in [2.24, 2.45) is 10.7 Å². The van der Waals surface area contributed by atoms with Crippen molar-refractivity contribution in [1.29, 1.82) is 0 Å². The van der Waals surface area contributed by atoms with E-state index in [9.17, 15) is 4.39 Å². The van der Waals surface area contributed by atoms with Crippen LogP contribution in [0.15, 0.2) is 47.5 Å². The molecule has 5 nitrogen and oxygen atoms in total. The van der Waals surface area contributed by atoms with Crippen molar-refractivity contribution in [2.75, 3.05) is 5.32 Å². The molecule has 0 fully saturated rings. The van der Waals surface area contributed by atoms with Gasteiger partial charge < -0.3 is 20.9 Å². The number of benzene rings is 2. The van der Waals surface area contributed by atoms with Crippen LogP contribution in [0.5, 0.6) is 11.5 Å². The Morgan fingerprint density at radius 2 is 1.92 bits per heavy atom. The van der Waals surface area contributed by atoms with Gasteiger partial charge in [-0.2, -0.15) is 0 Å². The molecular formula is C17H21FIN3O2. The largest absolute Gasteiger partial charge is 0.505 e. The second kappa shape index (κ2) is 9.31. The van der Waals surface area contributed by atoms with E-state index in [4.69, 9.17) is 15.6 Å². The van der Waals surface area contributed by atoms with Crippen LogP contribution in [0.3, 0.4) is 0 Å². The highest BCUT2D eigenvalue weighted by Gasteiger charge is 2.02. The minimum absolute atomic E-state index is 0. The van der Waals surface area contributed by atoms with E-state index in [1.165, 1.54) is 12.1 Å². The van der Waals surface area contributed by atoms with E-state index in [-0.39, 0.29) is 48.3 Å². The molecule has 0 aliphatic rings. The van der Waals surface area contributed by atoms with Gasteiger partial charge in [-0.3, -0.25) is 0 Å². The number of hydrogen-bond donors (Lipinski definition) is 3. The van der Waals surface area contributed by atoms with Gasteiger partial charge in [-0.1, -0.05) is 6.07 Å². The summed E-state index contributed by atoms with van der Waals surface area (Å²) in [5, 5.41) is 12.1. The van der Waals surface area contributed by atoms with Gasteiger partial charge in [0.15, 0.2) is 17.5 Å². The number of nitrogens with one attached hydrogen (secondary N) is 1. The van der Waals surface area contributed by atoms with E-state index >= 15 is 0 Å². The van der Waals surface area contributed by atoms with Crippen LogP contribution in [-0.4, -0.2) is 17.2 Å². The van der Waals surface area contributed by atoms with E-state index in [0.29, 0.717) is 5.56 Å². The predicted molar refractivity (Wildman–Crippen MR) is 105 cm³/mol. The maximum absolute atomic E-state index is 13.2. The number of hydrogen-bond acceptors (Lipinski definition) is 3. The number of anilines is 1. The Bertz CT molecular complexity index is 691. The Balaban J connectivity index is 0.00000288. The van der Waals surface area contributed by atoms with Crippen molar-refractivity contribution in [2.45, 2.75) is 26.5 Å². The first-order chi connectivity index (χ1) is 10.9. The van der Waals surface area contributed by atoms with Crippen molar-refractivity contribution >= 4 is 35.6 Å². The highest BCUT2D eigenvalue weighted by atomic mass is 127. The zero-order chi connectivity index (χ0) is 16.8. The predicted octanol–water partition coefficient (Wildman–Crippen LogP) is 3.86. The third-order valence-electron chi connectivity index (χ3n) is 2.94. The SMILES string of the molecule is CC(C)Oc1ccc(NC(N)=NCc2ccc(O)c(F)c2)cc1.I. The topological polar surface area (TPSA) is 79.9 Å². The van der Waals surface area contributed by atoms with Crippen molar-refractivity contribution < 1.29 is 14.2 Å². The smallest absolute Gasteiger partial charge is 0.193 e. The summed E-state index contributed by atoms with van der Waals surface area (Å²) in [6.45, 7) is 4.14. The average molecular weight is 445 g/mol.